The van der Waals surface area contributed by atoms with Gasteiger partial charge >= 0.3 is 0 Å². The van der Waals surface area contributed by atoms with Gasteiger partial charge in [-0.2, -0.15) is 5.10 Å². The Morgan fingerprint density at radius 2 is 2.08 bits per heavy atom. The molecule has 1 aliphatic carbocycles. The van der Waals surface area contributed by atoms with Crippen LogP contribution in [0.15, 0.2) is 54.9 Å². The average molecular weight is 341 g/mol. The molecule has 26 heavy (non-hydrogen) atoms. The SMILES string of the molecule is Cn1cc(-c2cnc3ncn(C=C4C=Cc5ncccc5C4)c3n2)cn1. The molecular weight excluding hydrogens is 326 g/mol. The molecule has 0 saturated carbocycles. The number of allylic oxidation sites excluding steroid dienone is 2. The molecule has 5 rings (SSSR count). The Kier molecular flexibility index (Phi) is 3.24. The number of hydrogen-bond acceptors (Lipinski definition) is 5. The molecule has 0 aromatic carbocycles. The van der Waals surface area contributed by atoms with Crippen molar-refractivity contribution in [3.05, 3.63) is 66.2 Å². The Morgan fingerprint density at radius 1 is 1.12 bits per heavy atom. The second-order valence-electron chi connectivity index (χ2n) is 6.22. The Bertz CT molecular complexity index is 1180. The Hall–Kier alpha value is -3.61. The first kappa shape index (κ1) is 14.7. The highest BCUT2D eigenvalue weighted by molar-refractivity contribution is 5.73. The maximum absolute atomic E-state index is 4.73. The number of rotatable bonds is 2. The number of fused-ring (bicyclic) bond motifs is 2. The van der Waals surface area contributed by atoms with Crippen molar-refractivity contribution in [1.29, 1.82) is 0 Å². The summed E-state index contributed by atoms with van der Waals surface area (Å²) in [6.07, 6.45) is 16.0. The summed E-state index contributed by atoms with van der Waals surface area (Å²) in [4.78, 5) is 17.9. The Labute approximate surface area is 149 Å². The molecule has 0 aliphatic heterocycles. The smallest absolute Gasteiger partial charge is 0.197 e. The number of aromatic nitrogens is 7. The van der Waals surface area contributed by atoms with Crippen LogP contribution >= 0.6 is 0 Å². The summed E-state index contributed by atoms with van der Waals surface area (Å²) >= 11 is 0. The zero-order chi connectivity index (χ0) is 17.5. The fourth-order valence-electron chi connectivity index (χ4n) is 3.08. The molecule has 4 aromatic rings. The second-order valence-corrected chi connectivity index (χ2v) is 6.22. The van der Waals surface area contributed by atoms with Crippen molar-refractivity contribution in [2.75, 3.05) is 0 Å². The molecule has 7 heteroatoms. The van der Waals surface area contributed by atoms with Gasteiger partial charge in [-0.1, -0.05) is 12.1 Å². The molecule has 0 spiro atoms. The maximum atomic E-state index is 4.73. The highest BCUT2D eigenvalue weighted by atomic mass is 15.2. The van der Waals surface area contributed by atoms with Crippen molar-refractivity contribution in [1.82, 2.24) is 34.3 Å². The number of aryl methyl sites for hydroxylation is 1. The van der Waals surface area contributed by atoms with Crippen molar-refractivity contribution >= 4 is 23.6 Å². The van der Waals surface area contributed by atoms with Crippen molar-refractivity contribution in [3.8, 4) is 11.3 Å². The van der Waals surface area contributed by atoms with E-state index in [9.17, 15) is 0 Å². The summed E-state index contributed by atoms with van der Waals surface area (Å²) in [5, 5.41) is 4.20. The lowest BCUT2D eigenvalue weighted by Gasteiger charge is -2.11. The third-order valence-corrected chi connectivity index (χ3v) is 4.37. The molecule has 0 radical (unpaired) electrons. The van der Waals surface area contributed by atoms with Gasteiger partial charge in [0, 0.05) is 37.6 Å². The van der Waals surface area contributed by atoms with Crippen molar-refractivity contribution in [2.45, 2.75) is 6.42 Å². The molecule has 0 N–H and O–H groups in total. The Morgan fingerprint density at radius 3 is 2.96 bits per heavy atom. The van der Waals surface area contributed by atoms with Crippen LogP contribution in [0.5, 0.6) is 0 Å². The van der Waals surface area contributed by atoms with Crippen LogP contribution in [0.3, 0.4) is 0 Å². The first-order valence-electron chi connectivity index (χ1n) is 8.27. The lowest BCUT2D eigenvalue weighted by atomic mass is 9.98. The zero-order valence-corrected chi connectivity index (χ0v) is 14.1. The summed E-state index contributed by atoms with van der Waals surface area (Å²) in [5.41, 5.74) is 6.46. The van der Waals surface area contributed by atoms with E-state index in [1.807, 2.05) is 42.4 Å². The topological polar surface area (TPSA) is 74.3 Å². The zero-order valence-electron chi connectivity index (χ0n) is 14.1. The van der Waals surface area contributed by atoms with Crippen molar-refractivity contribution in [3.63, 3.8) is 0 Å². The first-order chi connectivity index (χ1) is 12.8. The third-order valence-electron chi connectivity index (χ3n) is 4.37. The van der Waals surface area contributed by atoms with Crippen LogP contribution in [0.25, 0.3) is 34.8 Å². The van der Waals surface area contributed by atoms with Gasteiger partial charge in [-0.15, -0.1) is 0 Å². The molecule has 4 heterocycles. The van der Waals surface area contributed by atoms with Crippen LogP contribution in [-0.2, 0) is 13.5 Å². The van der Waals surface area contributed by atoms with E-state index in [0.717, 1.165) is 29.0 Å². The van der Waals surface area contributed by atoms with Crippen LogP contribution in [-0.4, -0.2) is 34.3 Å². The summed E-state index contributed by atoms with van der Waals surface area (Å²) in [5.74, 6) is 0. The first-order valence-corrected chi connectivity index (χ1v) is 8.27. The molecular formula is C19H15N7. The highest BCUT2D eigenvalue weighted by Crippen LogP contribution is 2.23. The summed E-state index contributed by atoms with van der Waals surface area (Å²) in [7, 11) is 1.88. The van der Waals surface area contributed by atoms with Gasteiger partial charge in [0.05, 0.1) is 23.8 Å². The molecule has 4 aromatic heterocycles. The molecule has 0 amide bonds. The molecule has 0 fully saturated rings. The summed E-state index contributed by atoms with van der Waals surface area (Å²) in [6.45, 7) is 0. The van der Waals surface area contributed by atoms with E-state index in [2.05, 4.69) is 32.2 Å². The van der Waals surface area contributed by atoms with Gasteiger partial charge in [0.2, 0.25) is 0 Å². The molecule has 0 bridgehead atoms. The van der Waals surface area contributed by atoms with Gasteiger partial charge in [-0.05, 0) is 23.3 Å². The normalized spacial score (nSPS) is 14.9. The monoisotopic (exact) mass is 341 g/mol. The Balaban J connectivity index is 1.55. The molecule has 1 aliphatic rings. The fraction of sp³-hybridized carbons (Fsp3) is 0.105. The van der Waals surface area contributed by atoms with Crippen LogP contribution in [0, 0.1) is 0 Å². The summed E-state index contributed by atoms with van der Waals surface area (Å²) < 4.78 is 3.67. The highest BCUT2D eigenvalue weighted by Gasteiger charge is 2.11. The maximum Gasteiger partial charge on any atom is 0.197 e. The van der Waals surface area contributed by atoms with Crippen LogP contribution in [0.4, 0.5) is 0 Å². The van der Waals surface area contributed by atoms with E-state index < -0.39 is 0 Å². The van der Waals surface area contributed by atoms with E-state index in [-0.39, 0.29) is 0 Å². The standard InChI is InChI=1S/C19H15N7/c1-25-11-15(8-23-25)17-9-21-18-19(24-17)26(12-22-18)10-13-4-5-16-14(7-13)3-2-6-20-16/h2-6,8-12H,7H2,1H3. The quantitative estimate of drug-likeness (QED) is 0.560. The van der Waals surface area contributed by atoms with Crippen molar-refractivity contribution < 1.29 is 0 Å². The van der Waals surface area contributed by atoms with E-state index in [1.165, 1.54) is 11.1 Å². The lowest BCUT2D eigenvalue weighted by molar-refractivity contribution is 0.768. The van der Waals surface area contributed by atoms with Gasteiger partial charge in [-0.25, -0.2) is 15.0 Å². The van der Waals surface area contributed by atoms with E-state index in [1.54, 1.807) is 23.4 Å². The number of nitrogens with zero attached hydrogens (tertiary/aromatic N) is 7. The predicted octanol–water partition coefficient (Wildman–Crippen LogP) is 2.73. The van der Waals surface area contributed by atoms with Gasteiger partial charge in [0.25, 0.3) is 0 Å². The second kappa shape index (κ2) is 5.73. The van der Waals surface area contributed by atoms with Gasteiger partial charge in [0.1, 0.15) is 6.33 Å². The van der Waals surface area contributed by atoms with Crippen LogP contribution in [0.2, 0.25) is 0 Å². The lowest BCUT2D eigenvalue weighted by Crippen LogP contribution is -2.00. The predicted molar refractivity (Wildman–Crippen MR) is 98.8 cm³/mol. The van der Waals surface area contributed by atoms with Crippen molar-refractivity contribution in [2.24, 2.45) is 7.05 Å². The molecule has 126 valence electrons. The minimum Gasteiger partial charge on any atom is -0.289 e. The summed E-state index contributed by atoms with van der Waals surface area (Å²) in [6, 6.07) is 4.07. The molecule has 0 saturated heterocycles. The minimum atomic E-state index is 0.622. The molecule has 7 nitrogen and oxygen atoms in total. The van der Waals surface area contributed by atoms with Gasteiger partial charge < -0.3 is 0 Å². The number of hydrogen-bond donors (Lipinski definition) is 0. The minimum absolute atomic E-state index is 0.622. The molecule has 0 atom stereocenters. The largest absolute Gasteiger partial charge is 0.289 e. The van der Waals surface area contributed by atoms with Crippen LogP contribution < -0.4 is 0 Å². The molecule has 0 unspecified atom stereocenters. The third kappa shape index (κ3) is 2.50. The average Bonchev–Trinajstić information content (AvgIpc) is 3.28. The van der Waals surface area contributed by atoms with E-state index >= 15 is 0 Å². The van der Waals surface area contributed by atoms with E-state index in [4.69, 9.17) is 4.98 Å². The number of pyridine rings is 1. The fourth-order valence-corrected chi connectivity index (χ4v) is 3.08. The van der Waals surface area contributed by atoms with Gasteiger partial charge in [0.15, 0.2) is 11.3 Å². The van der Waals surface area contributed by atoms with Gasteiger partial charge in [-0.3, -0.25) is 14.2 Å². The number of imidazole rings is 1. The van der Waals surface area contributed by atoms with E-state index in [0.29, 0.717) is 5.65 Å². The van der Waals surface area contributed by atoms with Crippen LogP contribution in [0.1, 0.15) is 11.3 Å².